The highest BCUT2D eigenvalue weighted by Crippen LogP contribution is 2.22. The Hall–Kier alpha value is -1.98. The number of hydrogen-bond donors (Lipinski definition) is 1. The fourth-order valence-corrected chi connectivity index (χ4v) is 3.98. The van der Waals surface area contributed by atoms with Crippen molar-refractivity contribution >= 4 is 35.2 Å². The first-order chi connectivity index (χ1) is 14.1. The lowest BCUT2D eigenvalue weighted by molar-refractivity contribution is -0.139. The Bertz CT molecular complexity index is 785. The smallest absolute Gasteiger partial charge is 0.242 e. The van der Waals surface area contributed by atoms with E-state index in [4.69, 9.17) is 11.6 Å². The van der Waals surface area contributed by atoms with Crippen LogP contribution in [0.25, 0.3) is 0 Å². The Morgan fingerprint density at radius 1 is 1.07 bits per heavy atom. The number of unbranched alkanes of at least 4 members (excludes halogenated alkanes) is 1. The maximum absolute atomic E-state index is 13.1. The maximum Gasteiger partial charge on any atom is 0.242 e. The standard InChI is InChI=1S/C23H29ClN2O2S/c1-3-5-15-25-23(28)21(4-2)26(16-18-11-9-10-14-20(18)24)22(27)17-29-19-12-7-6-8-13-19/h6-14,21H,3-5,15-17H2,1-2H3,(H,25,28)/t21-/m1/s1. The number of carbonyl (C=O) groups is 2. The number of nitrogens with one attached hydrogen (secondary N) is 1. The molecule has 156 valence electrons. The SMILES string of the molecule is CCCCNC(=O)[C@@H](CC)N(Cc1ccccc1Cl)C(=O)CSc1ccccc1. The second-order valence-electron chi connectivity index (χ2n) is 6.78. The third-order valence-electron chi connectivity index (χ3n) is 4.62. The van der Waals surface area contributed by atoms with E-state index >= 15 is 0 Å². The quantitative estimate of drug-likeness (QED) is 0.394. The Kier molecular flexibility index (Phi) is 10.1. The lowest BCUT2D eigenvalue weighted by atomic mass is 10.1. The Morgan fingerprint density at radius 2 is 1.76 bits per heavy atom. The topological polar surface area (TPSA) is 49.4 Å². The van der Waals surface area contributed by atoms with Crippen molar-refractivity contribution in [2.24, 2.45) is 0 Å². The van der Waals surface area contributed by atoms with Crippen LogP contribution in [0.2, 0.25) is 5.02 Å². The lowest BCUT2D eigenvalue weighted by Gasteiger charge is -2.31. The van der Waals surface area contributed by atoms with Crippen molar-refractivity contribution in [3.63, 3.8) is 0 Å². The average Bonchev–Trinajstić information content (AvgIpc) is 2.74. The molecule has 2 aromatic rings. The van der Waals surface area contributed by atoms with E-state index in [0.717, 1.165) is 23.3 Å². The van der Waals surface area contributed by atoms with Crippen LogP contribution in [0, 0.1) is 0 Å². The highest BCUT2D eigenvalue weighted by atomic mass is 35.5. The average molecular weight is 433 g/mol. The van der Waals surface area contributed by atoms with Crippen LogP contribution in [0.1, 0.15) is 38.7 Å². The van der Waals surface area contributed by atoms with Gasteiger partial charge in [0.1, 0.15) is 6.04 Å². The van der Waals surface area contributed by atoms with Gasteiger partial charge in [-0.1, -0.05) is 68.3 Å². The van der Waals surface area contributed by atoms with Crippen LogP contribution >= 0.6 is 23.4 Å². The molecular weight excluding hydrogens is 404 g/mol. The minimum atomic E-state index is -0.521. The van der Waals surface area contributed by atoms with E-state index in [1.54, 1.807) is 11.0 Å². The van der Waals surface area contributed by atoms with Gasteiger partial charge in [-0.2, -0.15) is 0 Å². The Labute approximate surface area is 183 Å². The van der Waals surface area contributed by atoms with Gasteiger partial charge in [-0.25, -0.2) is 0 Å². The number of benzene rings is 2. The van der Waals surface area contributed by atoms with E-state index in [1.807, 2.05) is 55.5 Å². The van der Waals surface area contributed by atoms with Gasteiger partial charge in [0.25, 0.3) is 0 Å². The first kappa shape index (κ1) is 23.3. The Balaban J connectivity index is 2.17. The van der Waals surface area contributed by atoms with Crippen LogP contribution in [-0.4, -0.2) is 35.1 Å². The molecule has 4 nitrogen and oxygen atoms in total. The molecule has 0 heterocycles. The van der Waals surface area contributed by atoms with E-state index in [-0.39, 0.29) is 17.6 Å². The van der Waals surface area contributed by atoms with Gasteiger partial charge in [-0.15, -0.1) is 11.8 Å². The normalized spacial score (nSPS) is 11.7. The predicted octanol–water partition coefficient (Wildman–Crippen LogP) is 5.16. The van der Waals surface area contributed by atoms with Crippen LogP contribution in [0.15, 0.2) is 59.5 Å². The zero-order valence-electron chi connectivity index (χ0n) is 17.1. The van der Waals surface area contributed by atoms with Gasteiger partial charge in [-0.3, -0.25) is 9.59 Å². The van der Waals surface area contributed by atoms with Crippen LogP contribution in [0.5, 0.6) is 0 Å². The highest BCUT2D eigenvalue weighted by Gasteiger charge is 2.28. The molecule has 0 saturated carbocycles. The number of halogens is 1. The molecule has 0 fully saturated rings. The van der Waals surface area contributed by atoms with Gasteiger partial charge in [0, 0.05) is 23.0 Å². The minimum absolute atomic E-state index is 0.0729. The van der Waals surface area contributed by atoms with Gasteiger partial charge in [0.15, 0.2) is 0 Å². The molecule has 1 N–H and O–H groups in total. The van der Waals surface area contributed by atoms with E-state index in [0.29, 0.717) is 24.5 Å². The molecule has 1 atom stereocenters. The maximum atomic E-state index is 13.1. The molecule has 29 heavy (non-hydrogen) atoms. The van der Waals surface area contributed by atoms with E-state index < -0.39 is 6.04 Å². The summed E-state index contributed by atoms with van der Waals surface area (Å²) in [4.78, 5) is 28.6. The lowest BCUT2D eigenvalue weighted by Crippen LogP contribution is -2.49. The summed E-state index contributed by atoms with van der Waals surface area (Å²) < 4.78 is 0. The van der Waals surface area contributed by atoms with Crippen molar-refractivity contribution < 1.29 is 9.59 Å². The van der Waals surface area contributed by atoms with E-state index in [2.05, 4.69) is 12.2 Å². The number of thioether (sulfide) groups is 1. The second kappa shape index (κ2) is 12.6. The minimum Gasteiger partial charge on any atom is -0.354 e. The molecule has 0 saturated heterocycles. The number of amides is 2. The first-order valence-corrected chi connectivity index (χ1v) is 11.4. The molecule has 0 aromatic heterocycles. The number of nitrogens with zero attached hydrogens (tertiary/aromatic N) is 1. The van der Waals surface area contributed by atoms with E-state index in [1.165, 1.54) is 11.8 Å². The molecule has 2 amide bonds. The van der Waals surface area contributed by atoms with Gasteiger partial charge in [0.05, 0.1) is 5.75 Å². The number of hydrogen-bond acceptors (Lipinski definition) is 3. The summed E-state index contributed by atoms with van der Waals surface area (Å²) >= 11 is 7.81. The molecule has 2 aromatic carbocycles. The van der Waals surface area contributed by atoms with Gasteiger partial charge < -0.3 is 10.2 Å². The summed E-state index contributed by atoms with van der Waals surface area (Å²) in [6.45, 7) is 4.95. The van der Waals surface area contributed by atoms with Crippen molar-refractivity contribution in [2.75, 3.05) is 12.3 Å². The molecule has 0 unspecified atom stereocenters. The number of rotatable bonds is 11. The molecule has 0 aliphatic carbocycles. The molecule has 0 aliphatic rings. The number of carbonyl (C=O) groups excluding carboxylic acids is 2. The van der Waals surface area contributed by atoms with Crippen molar-refractivity contribution in [2.45, 2.75) is 50.6 Å². The summed E-state index contributed by atoms with van der Waals surface area (Å²) in [5, 5.41) is 3.57. The van der Waals surface area contributed by atoms with Gasteiger partial charge >= 0.3 is 0 Å². The molecule has 2 rings (SSSR count). The van der Waals surface area contributed by atoms with Crippen molar-refractivity contribution in [3.8, 4) is 0 Å². The summed E-state index contributed by atoms with van der Waals surface area (Å²) in [6, 6.07) is 16.7. The van der Waals surface area contributed by atoms with Gasteiger partial charge in [-0.05, 0) is 36.6 Å². The highest BCUT2D eigenvalue weighted by molar-refractivity contribution is 8.00. The fraction of sp³-hybridized carbons (Fsp3) is 0.391. The zero-order valence-corrected chi connectivity index (χ0v) is 18.6. The molecular formula is C23H29ClN2O2S. The molecule has 0 radical (unpaired) electrons. The third kappa shape index (κ3) is 7.41. The van der Waals surface area contributed by atoms with Gasteiger partial charge in [0.2, 0.25) is 11.8 Å². The summed E-state index contributed by atoms with van der Waals surface area (Å²) in [7, 11) is 0. The third-order valence-corrected chi connectivity index (χ3v) is 5.99. The van der Waals surface area contributed by atoms with Crippen LogP contribution in [0.3, 0.4) is 0 Å². The van der Waals surface area contributed by atoms with Crippen molar-refractivity contribution in [1.29, 1.82) is 0 Å². The molecule has 0 spiro atoms. The predicted molar refractivity (Wildman–Crippen MR) is 121 cm³/mol. The van der Waals surface area contributed by atoms with E-state index in [9.17, 15) is 9.59 Å². The zero-order chi connectivity index (χ0) is 21.1. The molecule has 6 heteroatoms. The first-order valence-electron chi connectivity index (χ1n) is 10.0. The van der Waals surface area contributed by atoms with Crippen molar-refractivity contribution in [3.05, 3.63) is 65.2 Å². The summed E-state index contributed by atoms with van der Waals surface area (Å²) in [6.07, 6.45) is 2.47. The Morgan fingerprint density at radius 3 is 2.41 bits per heavy atom. The summed E-state index contributed by atoms with van der Waals surface area (Å²) in [5.74, 6) is 0.0926. The van der Waals surface area contributed by atoms with Crippen LogP contribution in [0.4, 0.5) is 0 Å². The fourth-order valence-electron chi connectivity index (χ4n) is 2.98. The largest absolute Gasteiger partial charge is 0.354 e. The van der Waals surface area contributed by atoms with Crippen LogP contribution < -0.4 is 5.32 Å². The van der Waals surface area contributed by atoms with Crippen molar-refractivity contribution in [1.82, 2.24) is 10.2 Å². The second-order valence-corrected chi connectivity index (χ2v) is 8.24. The monoisotopic (exact) mass is 432 g/mol. The summed E-state index contributed by atoms with van der Waals surface area (Å²) in [5.41, 5.74) is 0.840. The molecule has 0 aliphatic heterocycles. The van der Waals surface area contributed by atoms with Crippen LogP contribution in [-0.2, 0) is 16.1 Å². The molecule has 0 bridgehead atoms.